The highest BCUT2D eigenvalue weighted by molar-refractivity contribution is 6.30. The molecule has 1 saturated heterocycles. The van der Waals surface area contributed by atoms with Gasteiger partial charge < -0.3 is 10.6 Å². The van der Waals surface area contributed by atoms with Gasteiger partial charge in [-0.25, -0.2) is 0 Å². The van der Waals surface area contributed by atoms with Crippen molar-refractivity contribution >= 4 is 11.6 Å². The van der Waals surface area contributed by atoms with Crippen LogP contribution in [0.2, 0.25) is 5.02 Å². The molecule has 0 spiro atoms. The molecule has 1 fully saturated rings. The normalized spacial score (nSPS) is 19.9. The van der Waals surface area contributed by atoms with E-state index in [2.05, 4.69) is 28.9 Å². The number of halogens is 1. The van der Waals surface area contributed by atoms with Gasteiger partial charge in [0.05, 0.1) is 0 Å². The number of likely N-dealkylation sites (N-methyl/N-ethyl adjacent to an activating group) is 1. The van der Waals surface area contributed by atoms with E-state index in [-0.39, 0.29) is 0 Å². The quantitative estimate of drug-likeness (QED) is 0.906. The van der Waals surface area contributed by atoms with Crippen LogP contribution >= 0.6 is 11.6 Å². The molecule has 1 atom stereocenters. The summed E-state index contributed by atoms with van der Waals surface area (Å²) in [5, 5.41) is 0.783. The predicted molar refractivity (Wildman–Crippen MR) is 76.9 cm³/mol. The van der Waals surface area contributed by atoms with Crippen molar-refractivity contribution in [3.63, 3.8) is 0 Å². The molecule has 1 aromatic rings. The molecule has 0 saturated carbocycles. The van der Waals surface area contributed by atoms with Gasteiger partial charge in [0, 0.05) is 43.8 Å². The zero-order valence-electron chi connectivity index (χ0n) is 11.0. The molecule has 0 bridgehead atoms. The van der Waals surface area contributed by atoms with E-state index < -0.39 is 0 Å². The Morgan fingerprint density at radius 2 is 1.78 bits per heavy atom. The lowest BCUT2D eigenvalue weighted by molar-refractivity contribution is 0.102. The summed E-state index contributed by atoms with van der Waals surface area (Å²) in [6.45, 7) is 8.49. The van der Waals surface area contributed by atoms with Crippen LogP contribution in [0.5, 0.6) is 0 Å². The van der Waals surface area contributed by atoms with Gasteiger partial charge >= 0.3 is 0 Å². The molecule has 1 heterocycles. The molecule has 2 N–H and O–H groups in total. The fourth-order valence-corrected chi connectivity index (χ4v) is 2.70. The van der Waals surface area contributed by atoms with E-state index in [1.54, 1.807) is 0 Å². The van der Waals surface area contributed by atoms with E-state index in [1.807, 2.05) is 12.1 Å². The van der Waals surface area contributed by atoms with Crippen LogP contribution in [0.1, 0.15) is 18.5 Å². The molecule has 1 aromatic carbocycles. The molecule has 1 aliphatic rings. The van der Waals surface area contributed by atoms with Crippen LogP contribution in [-0.4, -0.2) is 49.1 Å². The highest BCUT2D eigenvalue weighted by Crippen LogP contribution is 2.22. The Kier molecular flexibility index (Phi) is 5.01. The summed E-state index contributed by atoms with van der Waals surface area (Å²) in [5.41, 5.74) is 7.22. The molecule has 0 aromatic heterocycles. The molecule has 0 aliphatic carbocycles. The van der Waals surface area contributed by atoms with Gasteiger partial charge in [-0.2, -0.15) is 0 Å². The van der Waals surface area contributed by atoms with Crippen LogP contribution in [0.25, 0.3) is 0 Å². The Balaban J connectivity index is 2.03. The largest absolute Gasteiger partial charge is 0.329 e. The molecule has 0 amide bonds. The lowest BCUT2D eigenvalue weighted by Gasteiger charge is -2.38. The number of piperazine rings is 1. The molecular weight excluding hydrogens is 246 g/mol. The maximum atomic E-state index is 5.95. The van der Waals surface area contributed by atoms with E-state index in [0.29, 0.717) is 12.6 Å². The topological polar surface area (TPSA) is 32.5 Å². The summed E-state index contributed by atoms with van der Waals surface area (Å²) in [6.07, 6.45) is 0. The molecule has 1 aliphatic heterocycles. The summed E-state index contributed by atoms with van der Waals surface area (Å²) >= 11 is 5.93. The number of hydrogen-bond donors (Lipinski definition) is 1. The fraction of sp³-hybridized carbons (Fsp3) is 0.571. The van der Waals surface area contributed by atoms with Gasteiger partial charge in [0.2, 0.25) is 0 Å². The van der Waals surface area contributed by atoms with E-state index in [4.69, 9.17) is 17.3 Å². The maximum absolute atomic E-state index is 5.95. The summed E-state index contributed by atoms with van der Waals surface area (Å²) in [4.78, 5) is 4.96. The predicted octanol–water partition coefficient (Wildman–Crippen LogP) is 1.98. The Hall–Kier alpha value is -0.610. The Morgan fingerprint density at radius 3 is 2.28 bits per heavy atom. The third-order valence-electron chi connectivity index (χ3n) is 3.77. The van der Waals surface area contributed by atoms with Crippen LogP contribution < -0.4 is 5.73 Å². The second-order valence-electron chi connectivity index (χ2n) is 4.77. The van der Waals surface area contributed by atoms with Crippen molar-refractivity contribution < 1.29 is 0 Å². The number of nitrogens with zero attached hydrogens (tertiary/aromatic N) is 2. The Labute approximate surface area is 115 Å². The molecule has 0 unspecified atom stereocenters. The Bertz CT molecular complexity index is 358. The number of nitrogens with two attached hydrogens (primary N) is 1. The van der Waals surface area contributed by atoms with Crippen molar-refractivity contribution in [2.45, 2.75) is 13.0 Å². The number of benzene rings is 1. The van der Waals surface area contributed by atoms with Crippen molar-refractivity contribution in [1.29, 1.82) is 0 Å². The highest BCUT2D eigenvalue weighted by Gasteiger charge is 2.23. The van der Waals surface area contributed by atoms with Gasteiger partial charge in [-0.3, -0.25) is 4.90 Å². The van der Waals surface area contributed by atoms with Crippen LogP contribution in [0, 0.1) is 0 Å². The minimum Gasteiger partial charge on any atom is -0.329 e. The second kappa shape index (κ2) is 6.53. The fourth-order valence-electron chi connectivity index (χ4n) is 2.57. The number of hydrogen-bond acceptors (Lipinski definition) is 3. The van der Waals surface area contributed by atoms with Crippen LogP contribution in [0.15, 0.2) is 24.3 Å². The highest BCUT2D eigenvalue weighted by atomic mass is 35.5. The van der Waals surface area contributed by atoms with Crippen molar-refractivity contribution in [2.75, 3.05) is 39.3 Å². The molecule has 4 heteroatoms. The first kappa shape index (κ1) is 13.8. The third kappa shape index (κ3) is 3.23. The van der Waals surface area contributed by atoms with E-state index in [9.17, 15) is 0 Å². The molecule has 2 rings (SSSR count). The summed E-state index contributed by atoms with van der Waals surface area (Å²) < 4.78 is 0. The van der Waals surface area contributed by atoms with Gasteiger partial charge in [0.1, 0.15) is 0 Å². The van der Waals surface area contributed by atoms with Gasteiger partial charge in [-0.15, -0.1) is 0 Å². The van der Waals surface area contributed by atoms with E-state index >= 15 is 0 Å². The smallest absolute Gasteiger partial charge is 0.0471 e. The second-order valence-corrected chi connectivity index (χ2v) is 5.21. The summed E-state index contributed by atoms with van der Waals surface area (Å²) in [7, 11) is 0. The van der Waals surface area contributed by atoms with Crippen molar-refractivity contribution in [3.8, 4) is 0 Å². The van der Waals surface area contributed by atoms with Gasteiger partial charge in [-0.05, 0) is 24.2 Å². The maximum Gasteiger partial charge on any atom is 0.0471 e. The molecule has 100 valence electrons. The molecule has 3 nitrogen and oxygen atoms in total. The zero-order valence-corrected chi connectivity index (χ0v) is 11.7. The molecular formula is C14H22ClN3. The standard InChI is InChI=1S/C14H22ClN3/c1-2-17-7-9-18(10-8-17)14(11-16)12-3-5-13(15)6-4-12/h3-6,14H,2,7-11,16H2,1H3/t14-/m0/s1. The van der Waals surface area contributed by atoms with Crippen LogP contribution in [-0.2, 0) is 0 Å². The van der Waals surface area contributed by atoms with E-state index in [0.717, 1.165) is 37.7 Å². The van der Waals surface area contributed by atoms with Gasteiger partial charge in [0.25, 0.3) is 0 Å². The van der Waals surface area contributed by atoms with E-state index in [1.165, 1.54) is 5.56 Å². The van der Waals surface area contributed by atoms with Crippen LogP contribution in [0.3, 0.4) is 0 Å². The zero-order chi connectivity index (χ0) is 13.0. The summed E-state index contributed by atoms with van der Waals surface area (Å²) in [6, 6.07) is 8.39. The summed E-state index contributed by atoms with van der Waals surface area (Å²) in [5.74, 6) is 0. The third-order valence-corrected chi connectivity index (χ3v) is 4.02. The lowest BCUT2D eigenvalue weighted by Crippen LogP contribution is -2.48. The average molecular weight is 268 g/mol. The first-order valence-electron chi connectivity index (χ1n) is 6.66. The number of rotatable bonds is 4. The minimum atomic E-state index is 0.321. The first-order valence-corrected chi connectivity index (χ1v) is 7.04. The Morgan fingerprint density at radius 1 is 1.17 bits per heavy atom. The van der Waals surface area contributed by atoms with Gasteiger partial charge in [0.15, 0.2) is 0 Å². The van der Waals surface area contributed by atoms with Crippen LogP contribution in [0.4, 0.5) is 0 Å². The minimum absolute atomic E-state index is 0.321. The van der Waals surface area contributed by atoms with Crippen molar-refractivity contribution in [2.24, 2.45) is 5.73 Å². The first-order chi connectivity index (χ1) is 8.74. The average Bonchev–Trinajstić information content (AvgIpc) is 2.42. The van der Waals surface area contributed by atoms with Crippen molar-refractivity contribution in [3.05, 3.63) is 34.9 Å². The molecule has 0 radical (unpaired) electrons. The molecule has 18 heavy (non-hydrogen) atoms. The van der Waals surface area contributed by atoms with Crippen molar-refractivity contribution in [1.82, 2.24) is 9.80 Å². The monoisotopic (exact) mass is 267 g/mol. The van der Waals surface area contributed by atoms with Gasteiger partial charge in [-0.1, -0.05) is 30.7 Å². The lowest BCUT2D eigenvalue weighted by atomic mass is 10.0. The SMILES string of the molecule is CCN1CCN([C@@H](CN)c2ccc(Cl)cc2)CC1.